The van der Waals surface area contributed by atoms with Gasteiger partial charge < -0.3 is 0 Å². The van der Waals surface area contributed by atoms with E-state index in [1.54, 1.807) is 4.68 Å². The highest BCUT2D eigenvalue weighted by molar-refractivity contribution is 5.70. The quantitative estimate of drug-likeness (QED) is 0.427. The van der Waals surface area contributed by atoms with Crippen molar-refractivity contribution >= 4 is 0 Å². The molecule has 0 bridgehead atoms. The molecule has 2 aromatic heterocycles. The molecular formula is C24H29N7O. The Morgan fingerprint density at radius 2 is 1.81 bits per heavy atom. The fourth-order valence-electron chi connectivity index (χ4n) is 3.71. The Morgan fingerprint density at radius 1 is 1.03 bits per heavy atom. The lowest BCUT2D eigenvalue weighted by Gasteiger charge is -2.11. The zero-order valence-corrected chi connectivity index (χ0v) is 18.8. The summed E-state index contributed by atoms with van der Waals surface area (Å²) >= 11 is 0. The maximum atomic E-state index is 13.0. The van der Waals surface area contributed by atoms with E-state index in [9.17, 15) is 4.79 Å². The lowest BCUT2D eigenvalue weighted by molar-refractivity contribution is 0.541. The van der Waals surface area contributed by atoms with Crippen molar-refractivity contribution in [2.24, 2.45) is 0 Å². The number of tetrazole rings is 1. The molecule has 0 amide bonds. The molecular weight excluding hydrogens is 402 g/mol. The summed E-state index contributed by atoms with van der Waals surface area (Å²) in [5, 5.41) is 18.9. The largest absolute Gasteiger partial charge is 0.346 e. The molecule has 1 N–H and O–H groups in total. The maximum Gasteiger partial charge on any atom is 0.346 e. The molecule has 0 aliphatic heterocycles. The molecule has 0 fully saturated rings. The summed E-state index contributed by atoms with van der Waals surface area (Å²) in [6, 6.07) is 16.4. The normalized spacial score (nSPS) is 12.2. The molecule has 0 aliphatic carbocycles. The van der Waals surface area contributed by atoms with E-state index in [0.29, 0.717) is 18.9 Å². The molecule has 0 spiro atoms. The summed E-state index contributed by atoms with van der Waals surface area (Å²) in [7, 11) is 0. The van der Waals surface area contributed by atoms with Gasteiger partial charge in [-0.3, -0.25) is 4.57 Å². The van der Waals surface area contributed by atoms with E-state index >= 15 is 0 Å². The number of unbranched alkanes of at least 4 members (excludes halogenated alkanes) is 1. The van der Waals surface area contributed by atoms with Gasteiger partial charge in [0.15, 0.2) is 0 Å². The Labute approximate surface area is 187 Å². The minimum atomic E-state index is -0.0226. The SMILES string of the molecule is CCCCn1nc(C(C)CC)n(Cc2ccc(-c3cccc(-c4nn[nH]n4)c3)cc2)c1=O. The average Bonchev–Trinajstić information content (AvgIpc) is 3.47. The van der Waals surface area contributed by atoms with Crippen LogP contribution in [0, 0.1) is 0 Å². The molecule has 2 aromatic carbocycles. The summed E-state index contributed by atoms with van der Waals surface area (Å²) in [5.41, 5.74) is 4.12. The van der Waals surface area contributed by atoms with Crippen molar-refractivity contribution < 1.29 is 0 Å². The van der Waals surface area contributed by atoms with Gasteiger partial charge in [-0.05, 0) is 40.8 Å². The zero-order chi connectivity index (χ0) is 22.5. The predicted octanol–water partition coefficient (Wildman–Crippen LogP) is 4.25. The number of nitrogens with zero attached hydrogens (tertiary/aromatic N) is 6. The van der Waals surface area contributed by atoms with E-state index < -0.39 is 0 Å². The minimum absolute atomic E-state index is 0.0226. The summed E-state index contributed by atoms with van der Waals surface area (Å²) in [6.45, 7) is 7.57. The third kappa shape index (κ3) is 4.54. The molecule has 8 nitrogen and oxygen atoms in total. The highest BCUT2D eigenvalue weighted by Gasteiger charge is 2.18. The first-order valence-electron chi connectivity index (χ1n) is 11.2. The number of aryl methyl sites for hydroxylation is 1. The van der Waals surface area contributed by atoms with Crippen LogP contribution in [0.1, 0.15) is 57.3 Å². The monoisotopic (exact) mass is 431 g/mol. The van der Waals surface area contributed by atoms with Gasteiger partial charge in [-0.1, -0.05) is 69.7 Å². The van der Waals surface area contributed by atoms with Crippen LogP contribution in [0.5, 0.6) is 0 Å². The number of hydrogen-bond donors (Lipinski definition) is 1. The molecule has 32 heavy (non-hydrogen) atoms. The van der Waals surface area contributed by atoms with Crippen LogP contribution in [0.2, 0.25) is 0 Å². The van der Waals surface area contributed by atoms with Crippen molar-refractivity contribution in [2.75, 3.05) is 0 Å². The van der Waals surface area contributed by atoms with E-state index in [0.717, 1.165) is 47.3 Å². The Morgan fingerprint density at radius 3 is 2.50 bits per heavy atom. The standard InChI is InChI=1S/C24H29N7O/c1-4-6-14-31-24(32)30(23(27-31)17(3)5-2)16-18-10-12-19(13-11-18)20-8-7-9-21(15-20)22-25-28-29-26-22/h7-13,15,17H,4-6,14,16H2,1-3H3,(H,25,26,28,29). The second-order valence-electron chi connectivity index (χ2n) is 8.13. The summed E-state index contributed by atoms with van der Waals surface area (Å²) < 4.78 is 3.46. The lowest BCUT2D eigenvalue weighted by atomic mass is 10.0. The van der Waals surface area contributed by atoms with Crippen LogP contribution < -0.4 is 5.69 Å². The maximum absolute atomic E-state index is 13.0. The second-order valence-corrected chi connectivity index (χ2v) is 8.13. The number of hydrogen-bond acceptors (Lipinski definition) is 5. The Kier molecular flexibility index (Phi) is 6.58. The Balaban J connectivity index is 1.59. The first kappa shape index (κ1) is 21.7. The van der Waals surface area contributed by atoms with Crippen LogP contribution in [-0.2, 0) is 13.1 Å². The summed E-state index contributed by atoms with van der Waals surface area (Å²) in [4.78, 5) is 13.0. The molecule has 1 unspecified atom stereocenters. The number of aromatic nitrogens is 7. The van der Waals surface area contributed by atoms with Gasteiger partial charge in [-0.2, -0.15) is 10.3 Å². The van der Waals surface area contributed by atoms with Gasteiger partial charge in [0.05, 0.1) is 6.54 Å². The van der Waals surface area contributed by atoms with E-state index in [4.69, 9.17) is 0 Å². The molecule has 166 valence electrons. The first-order valence-corrected chi connectivity index (χ1v) is 11.2. The number of aromatic amines is 1. The zero-order valence-electron chi connectivity index (χ0n) is 18.8. The van der Waals surface area contributed by atoms with E-state index in [1.165, 1.54) is 0 Å². The molecule has 4 aromatic rings. The first-order chi connectivity index (χ1) is 15.6. The van der Waals surface area contributed by atoms with Gasteiger partial charge in [-0.15, -0.1) is 10.2 Å². The van der Waals surface area contributed by atoms with Crippen molar-refractivity contribution in [3.05, 3.63) is 70.4 Å². The van der Waals surface area contributed by atoms with Crippen LogP contribution in [0.4, 0.5) is 0 Å². The van der Waals surface area contributed by atoms with Crippen molar-refractivity contribution in [3.8, 4) is 22.5 Å². The van der Waals surface area contributed by atoms with Crippen molar-refractivity contribution in [3.63, 3.8) is 0 Å². The van der Waals surface area contributed by atoms with Crippen molar-refractivity contribution in [1.82, 2.24) is 35.0 Å². The summed E-state index contributed by atoms with van der Waals surface area (Å²) in [5.74, 6) is 1.67. The molecule has 4 rings (SSSR count). The molecule has 0 radical (unpaired) electrons. The van der Waals surface area contributed by atoms with Gasteiger partial charge in [0.25, 0.3) is 0 Å². The number of nitrogens with one attached hydrogen (secondary N) is 1. The third-order valence-electron chi connectivity index (χ3n) is 5.82. The van der Waals surface area contributed by atoms with E-state index in [-0.39, 0.29) is 11.6 Å². The van der Waals surface area contributed by atoms with Gasteiger partial charge >= 0.3 is 5.69 Å². The van der Waals surface area contributed by atoms with Crippen molar-refractivity contribution in [2.45, 2.75) is 59.0 Å². The molecule has 8 heteroatoms. The van der Waals surface area contributed by atoms with Crippen LogP contribution in [0.15, 0.2) is 53.3 Å². The van der Waals surface area contributed by atoms with Gasteiger partial charge in [0, 0.05) is 18.0 Å². The third-order valence-corrected chi connectivity index (χ3v) is 5.82. The van der Waals surface area contributed by atoms with Gasteiger partial charge in [-0.25, -0.2) is 9.48 Å². The number of benzene rings is 2. The number of H-pyrrole nitrogens is 1. The number of rotatable bonds is 9. The lowest BCUT2D eigenvalue weighted by Crippen LogP contribution is -2.26. The van der Waals surface area contributed by atoms with Crippen LogP contribution >= 0.6 is 0 Å². The fourth-order valence-corrected chi connectivity index (χ4v) is 3.71. The van der Waals surface area contributed by atoms with Crippen LogP contribution in [-0.4, -0.2) is 35.0 Å². The van der Waals surface area contributed by atoms with Gasteiger partial charge in [0.1, 0.15) is 5.82 Å². The van der Waals surface area contributed by atoms with E-state index in [1.807, 2.05) is 22.8 Å². The second kappa shape index (κ2) is 9.72. The highest BCUT2D eigenvalue weighted by atomic mass is 16.2. The van der Waals surface area contributed by atoms with Crippen LogP contribution in [0.25, 0.3) is 22.5 Å². The van der Waals surface area contributed by atoms with Gasteiger partial charge in [0.2, 0.25) is 5.82 Å². The summed E-state index contributed by atoms with van der Waals surface area (Å²) in [6.07, 6.45) is 2.93. The molecule has 0 aliphatic rings. The molecule has 1 atom stereocenters. The molecule has 0 saturated carbocycles. The highest BCUT2D eigenvalue weighted by Crippen LogP contribution is 2.25. The Bertz CT molecular complexity index is 1210. The van der Waals surface area contributed by atoms with E-state index in [2.05, 4.69) is 76.8 Å². The fraction of sp³-hybridized carbons (Fsp3) is 0.375. The Hall–Kier alpha value is -3.55. The smallest absolute Gasteiger partial charge is 0.274 e. The molecule has 2 heterocycles. The predicted molar refractivity (Wildman–Crippen MR) is 124 cm³/mol. The van der Waals surface area contributed by atoms with Crippen molar-refractivity contribution in [1.29, 1.82) is 0 Å². The molecule has 0 saturated heterocycles. The minimum Gasteiger partial charge on any atom is -0.274 e. The topological polar surface area (TPSA) is 94.3 Å². The van der Waals surface area contributed by atoms with Crippen LogP contribution in [0.3, 0.4) is 0 Å². The average molecular weight is 432 g/mol.